The van der Waals surface area contributed by atoms with Gasteiger partial charge in [-0.05, 0) is 42.0 Å². The molecule has 0 fully saturated rings. The molecule has 4 nitrogen and oxygen atoms in total. The summed E-state index contributed by atoms with van der Waals surface area (Å²) in [5, 5.41) is 2.87. The lowest BCUT2D eigenvalue weighted by atomic mass is 10.2. The van der Waals surface area contributed by atoms with Gasteiger partial charge in [-0.25, -0.2) is 13.4 Å². The Labute approximate surface area is 137 Å². The van der Waals surface area contributed by atoms with Crippen LogP contribution in [0.25, 0.3) is 0 Å². The second kappa shape index (κ2) is 6.64. The van der Waals surface area contributed by atoms with E-state index < -0.39 is 9.84 Å². The highest BCUT2D eigenvalue weighted by Gasteiger charge is 2.18. The molecule has 1 aromatic heterocycles. The van der Waals surface area contributed by atoms with Crippen molar-refractivity contribution in [2.75, 3.05) is 0 Å². The number of hydrogen-bond donors (Lipinski definition) is 0. The third-order valence-electron chi connectivity index (χ3n) is 2.57. The molecule has 0 unspecified atom stereocenters. The fourth-order valence-electron chi connectivity index (χ4n) is 1.59. The van der Waals surface area contributed by atoms with Crippen molar-refractivity contribution in [3.05, 3.63) is 52.1 Å². The number of sulfone groups is 1. The summed E-state index contributed by atoms with van der Waals surface area (Å²) in [5.41, 5.74) is 0.900. The maximum Gasteiger partial charge on any atom is 0.199 e. The van der Waals surface area contributed by atoms with Crippen LogP contribution >= 0.6 is 35.4 Å². The van der Waals surface area contributed by atoms with Gasteiger partial charge < -0.3 is 0 Å². The monoisotopic (exact) mass is 358 g/mol. The van der Waals surface area contributed by atoms with Crippen LogP contribution in [0.1, 0.15) is 5.56 Å². The molecular weight excluding hydrogens is 351 g/mol. The lowest BCUT2D eigenvalue weighted by Gasteiger charge is -2.06. The van der Waals surface area contributed by atoms with Gasteiger partial charge in [0.2, 0.25) is 0 Å². The number of hydrogen-bond acceptors (Lipinski definition) is 5. The minimum atomic E-state index is -3.61. The molecule has 21 heavy (non-hydrogen) atoms. The average molecular weight is 359 g/mol. The van der Waals surface area contributed by atoms with Crippen LogP contribution in [0.3, 0.4) is 0 Å². The van der Waals surface area contributed by atoms with E-state index >= 15 is 0 Å². The van der Waals surface area contributed by atoms with Crippen molar-refractivity contribution in [3.63, 3.8) is 0 Å². The topological polar surface area (TPSA) is 59.4 Å². The van der Waals surface area contributed by atoms with Crippen molar-refractivity contribution >= 4 is 56.1 Å². The molecule has 0 bridgehead atoms. The Hall–Kier alpha value is -1.30. The van der Waals surface area contributed by atoms with Crippen molar-refractivity contribution in [1.82, 2.24) is 4.98 Å². The van der Waals surface area contributed by atoms with Gasteiger partial charge in [0, 0.05) is 10.0 Å². The Morgan fingerprint density at radius 2 is 2.00 bits per heavy atom. The van der Waals surface area contributed by atoms with Crippen LogP contribution in [0.4, 0.5) is 5.69 Å². The fraction of sp³-hybridized carbons (Fsp3) is 0.0769. The van der Waals surface area contributed by atoms with E-state index in [9.17, 15) is 8.42 Å². The van der Waals surface area contributed by atoms with E-state index in [1.807, 2.05) is 0 Å². The summed E-state index contributed by atoms with van der Waals surface area (Å²) in [6.45, 7) is 0. The number of isothiocyanates is 1. The molecule has 2 aromatic rings. The zero-order valence-corrected chi connectivity index (χ0v) is 13.6. The van der Waals surface area contributed by atoms with E-state index in [0.717, 1.165) is 0 Å². The highest BCUT2D eigenvalue weighted by molar-refractivity contribution is 7.90. The van der Waals surface area contributed by atoms with E-state index in [1.54, 1.807) is 12.1 Å². The van der Waals surface area contributed by atoms with E-state index in [1.165, 1.54) is 24.4 Å². The number of nitrogens with zero attached hydrogens (tertiary/aromatic N) is 2. The van der Waals surface area contributed by atoms with Gasteiger partial charge in [0.25, 0.3) is 0 Å². The van der Waals surface area contributed by atoms with E-state index in [4.69, 9.17) is 23.2 Å². The summed E-state index contributed by atoms with van der Waals surface area (Å²) in [4.78, 5) is 7.58. The van der Waals surface area contributed by atoms with Gasteiger partial charge in [-0.2, -0.15) is 4.99 Å². The molecule has 1 heterocycles. The smallest absolute Gasteiger partial charge is 0.199 e. The Balaban J connectivity index is 2.31. The van der Waals surface area contributed by atoms with Crippen molar-refractivity contribution in [2.45, 2.75) is 10.8 Å². The Kier molecular flexibility index (Phi) is 5.08. The molecular formula is C13H8Cl2N2O2S2. The van der Waals surface area contributed by atoms with E-state index in [-0.39, 0.29) is 10.8 Å². The number of halogens is 2. The van der Waals surface area contributed by atoms with Crippen molar-refractivity contribution in [3.8, 4) is 0 Å². The largest absolute Gasteiger partial charge is 0.242 e. The fourth-order valence-corrected chi connectivity index (χ4v) is 3.55. The van der Waals surface area contributed by atoms with Gasteiger partial charge in [-0.1, -0.05) is 29.3 Å². The second-order valence-corrected chi connectivity index (χ2v) is 7.02. The number of rotatable bonds is 4. The Morgan fingerprint density at radius 3 is 2.57 bits per heavy atom. The minimum absolute atomic E-state index is 0.0585. The molecule has 0 aliphatic carbocycles. The summed E-state index contributed by atoms with van der Waals surface area (Å²) < 4.78 is 24.6. The maximum atomic E-state index is 12.3. The first-order chi connectivity index (χ1) is 9.92. The highest BCUT2D eigenvalue weighted by atomic mass is 35.5. The minimum Gasteiger partial charge on any atom is -0.242 e. The highest BCUT2D eigenvalue weighted by Crippen LogP contribution is 2.25. The standard InChI is InChI=1S/C13H8Cl2N2O2S2/c14-10-2-1-9(12(15)5-10)7-21(18,19)13-4-3-11(6-16-13)17-8-20/h1-6H,7H2. The normalized spacial score (nSPS) is 11.0. The van der Waals surface area contributed by atoms with Gasteiger partial charge in [0.1, 0.15) is 0 Å². The Bertz CT molecular complexity index is 815. The van der Waals surface area contributed by atoms with Gasteiger partial charge in [0.15, 0.2) is 14.9 Å². The summed E-state index contributed by atoms with van der Waals surface area (Å²) in [6, 6.07) is 7.53. The summed E-state index contributed by atoms with van der Waals surface area (Å²) in [5.74, 6) is -0.258. The van der Waals surface area contributed by atoms with Crippen LogP contribution in [-0.2, 0) is 15.6 Å². The molecule has 0 saturated heterocycles. The SMILES string of the molecule is O=S(=O)(Cc1ccc(Cl)cc1Cl)c1ccc(N=C=S)cn1. The number of aliphatic imine (C=N–C) groups is 1. The molecule has 0 atom stereocenters. The summed E-state index contributed by atoms with van der Waals surface area (Å²) >= 11 is 16.2. The zero-order chi connectivity index (χ0) is 15.5. The quantitative estimate of drug-likeness (QED) is 0.609. The van der Waals surface area contributed by atoms with Gasteiger partial charge in [-0.15, -0.1) is 0 Å². The van der Waals surface area contributed by atoms with Crippen LogP contribution in [0, 0.1) is 0 Å². The van der Waals surface area contributed by atoms with Crippen molar-refractivity contribution < 1.29 is 8.42 Å². The zero-order valence-electron chi connectivity index (χ0n) is 10.5. The number of thiocarbonyl (C=S) groups is 1. The predicted molar refractivity (Wildman–Crippen MR) is 86.3 cm³/mol. The average Bonchev–Trinajstić information content (AvgIpc) is 2.43. The van der Waals surface area contributed by atoms with Crippen molar-refractivity contribution in [1.29, 1.82) is 0 Å². The third kappa shape index (κ3) is 4.09. The van der Waals surface area contributed by atoms with Crippen LogP contribution in [0.5, 0.6) is 0 Å². The molecule has 108 valence electrons. The predicted octanol–water partition coefficient (Wildman–Crippen LogP) is 4.10. The number of benzene rings is 1. The molecule has 0 amide bonds. The molecule has 1 aromatic carbocycles. The second-order valence-electron chi connectivity index (χ2n) is 4.05. The van der Waals surface area contributed by atoms with E-state index in [0.29, 0.717) is 21.3 Å². The molecule has 0 saturated carbocycles. The first-order valence-corrected chi connectivity index (χ1v) is 8.44. The van der Waals surface area contributed by atoms with Crippen molar-refractivity contribution in [2.24, 2.45) is 4.99 Å². The van der Waals surface area contributed by atoms with Gasteiger partial charge in [0.05, 0.1) is 22.8 Å². The van der Waals surface area contributed by atoms with Crippen LogP contribution in [0.2, 0.25) is 10.0 Å². The lowest BCUT2D eigenvalue weighted by Crippen LogP contribution is -2.07. The summed E-state index contributed by atoms with van der Waals surface area (Å²) in [7, 11) is -3.61. The molecule has 0 aliphatic rings. The lowest BCUT2D eigenvalue weighted by molar-refractivity contribution is 0.591. The van der Waals surface area contributed by atoms with Crippen LogP contribution < -0.4 is 0 Å². The molecule has 2 rings (SSSR count). The Morgan fingerprint density at radius 1 is 1.24 bits per heavy atom. The molecule has 8 heteroatoms. The van der Waals surface area contributed by atoms with Crippen LogP contribution in [-0.4, -0.2) is 18.6 Å². The molecule has 0 spiro atoms. The first kappa shape index (κ1) is 16.1. The third-order valence-corrected chi connectivity index (χ3v) is 4.82. The first-order valence-electron chi connectivity index (χ1n) is 5.63. The number of pyridine rings is 1. The van der Waals surface area contributed by atoms with Gasteiger partial charge >= 0.3 is 0 Å². The number of aromatic nitrogens is 1. The van der Waals surface area contributed by atoms with Crippen LogP contribution in [0.15, 0.2) is 46.5 Å². The van der Waals surface area contributed by atoms with Gasteiger partial charge in [-0.3, -0.25) is 0 Å². The summed E-state index contributed by atoms with van der Waals surface area (Å²) in [6.07, 6.45) is 1.32. The molecule has 0 aliphatic heterocycles. The molecule has 0 radical (unpaired) electrons. The van der Waals surface area contributed by atoms with E-state index in [2.05, 4.69) is 27.4 Å². The maximum absolute atomic E-state index is 12.3. The molecule has 0 N–H and O–H groups in total.